The first-order valence-corrected chi connectivity index (χ1v) is 4.06. The van der Waals surface area contributed by atoms with E-state index in [9.17, 15) is 13.6 Å². The fourth-order valence-electron chi connectivity index (χ4n) is 1.46. The predicted octanol–water partition coefficient (Wildman–Crippen LogP) is 2.11. The highest BCUT2D eigenvalue weighted by Crippen LogP contribution is 2.16. The number of aryl methyl sites for hydroxylation is 1. The van der Waals surface area contributed by atoms with Crippen molar-refractivity contribution in [2.75, 3.05) is 0 Å². The molecule has 0 aliphatic rings. The van der Waals surface area contributed by atoms with Crippen LogP contribution >= 0.6 is 0 Å². The highest BCUT2D eigenvalue weighted by molar-refractivity contribution is 5.82. The summed E-state index contributed by atoms with van der Waals surface area (Å²) in [6, 6.07) is 3.37. The summed E-state index contributed by atoms with van der Waals surface area (Å²) < 4.78 is 26.0. The van der Waals surface area contributed by atoms with Gasteiger partial charge in [0.15, 0.2) is 0 Å². The van der Waals surface area contributed by atoms with E-state index in [1.807, 2.05) is 0 Å². The molecular formula is C10H7F2NO. The third kappa shape index (κ3) is 1.28. The molecule has 4 heteroatoms. The number of fused-ring (bicyclic) bond motifs is 1. The second-order valence-electron chi connectivity index (χ2n) is 3.13. The van der Waals surface area contributed by atoms with Gasteiger partial charge in [-0.05, 0) is 24.4 Å². The largest absolute Gasteiger partial charge is 0.326 e. The van der Waals surface area contributed by atoms with Crippen LogP contribution in [0.3, 0.4) is 0 Å². The Bertz CT molecular complexity index is 555. The smallest absolute Gasteiger partial charge is 0.258 e. The molecule has 0 amide bonds. The Hall–Kier alpha value is -1.71. The average Bonchev–Trinajstić information content (AvgIpc) is 1.99. The number of pyridine rings is 1. The van der Waals surface area contributed by atoms with E-state index < -0.39 is 17.2 Å². The lowest BCUT2D eigenvalue weighted by Crippen LogP contribution is -2.09. The summed E-state index contributed by atoms with van der Waals surface area (Å²) >= 11 is 0. The molecule has 2 aromatic rings. The first-order chi connectivity index (χ1) is 6.58. The maximum absolute atomic E-state index is 13.2. The monoisotopic (exact) mass is 195 g/mol. The summed E-state index contributed by atoms with van der Waals surface area (Å²) in [5, 5.41) is 0.181. The minimum atomic E-state index is -0.832. The summed E-state index contributed by atoms with van der Waals surface area (Å²) in [5.74, 6) is -1.51. The van der Waals surface area contributed by atoms with Crippen LogP contribution in [-0.2, 0) is 0 Å². The zero-order chi connectivity index (χ0) is 10.3. The van der Waals surface area contributed by atoms with Crippen molar-refractivity contribution in [1.82, 2.24) is 4.98 Å². The maximum Gasteiger partial charge on any atom is 0.258 e. The molecule has 0 unspecified atom stereocenters. The Morgan fingerprint density at radius 3 is 2.64 bits per heavy atom. The lowest BCUT2D eigenvalue weighted by atomic mass is 10.1. The lowest BCUT2D eigenvalue weighted by Gasteiger charge is -2.00. The Kier molecular flexibility index (Phi) is 1.84. The fraction of sp³-hybridized carbons (Fsp3) is 0.100. The van der Waals surface area contributed by atoms with Gasteiger partial charge in [0, 0.05) is 11.8 Å². The summed E-state index contributed by atoms with van der Waals surface area (Å²) in [7, 11) is 0. The van der Waals surface area contributed by atoms with Crippen LogP contribution in [0.2, 0.25) is 0 Å². The van der Waals surface area contributed by atoms with Crippen molar-refractivity contribution in [2.45, 2.75) is 6.92 Å². The van der Waals surface area contributed by atoms with Crippen LogP contribution in [0.25, 0.3) is 10.8 Å². The zero-order valence-corrected chi connectivity index (χ0v) is 7.40. The van der Waals surface area contributed by atoms with Gasteiger partial charge in [-0.3, -0.25) is 4.79 Å². The summed E-state index contributed by atoms with van der Waals surface area (Å²) in [5.41, 5.74) is 0.0463. The van der Waals surface area contributed by atoms with Crippen molar-refractivity contribution >= 4 is 10.8 Å². The molecule has 1 heterocycles. The van der Waals surface area contributed by atoms with E-state index in [-0.39, 0.29) is 10.8 Å². The Morgan fingerprint density at radius 2 is 1.93 bits per heavy atom. The van der Waals surface area contributed by atoms with Crippen LogP contribution in [0.4, 0.5) is 8.78 Å². The molecule has 14 heavy (non-hydrogen) atoms. The van der Waals surface area contributed by atoms with Gasteiger partial charge >= 0.3 is 0 Å². The van der Waals surface area contributed by atoms with E-state index in [2.05, 4.69) is 4.98 Å². The number of halogens is 2. The molecule has 1 aromatic heterocycles. The summed E-state index contributed by atoms with van der Waals surface area (Å²) in [6.45, 7) is 1.66. The molecule has 0 fully saturated rings. The lowest BCUT2D eigenvalue weighted by molar-refractivity contribution is 0.591. The molecule has 0 aliphatic carbocycles. The van der Waals surface area contributed by atoms with Gasteiger partial charge in [-0.2, -0.15) is 0 Å². The number of aromatic amines is 1. The molecule has 0 saturated heterocycles. The van der Waals surface area contributed by atoms with Crippen molar-refractivity contribution in [2.24, 2.45) is 0 Å². The van der Waals surface area contributed by atoms with Crippen LogP contribution < -0.4 is 5.56 Å². The topological polar surface area (TPSA) is 32.9 Å². The van der Waals surface area contributed by atoms with E-state index in [0.29, 0.717) is 11.8 Å². The first-order valence-electron chi connectivity index (χ1n) is 4.06. The average molecular weight is 195 g/mol. The molecule has 1 aromatic carbocycles. The van der Waals surface area contributed by atoms with Crippen molar-refractivity contribution < 1.29 is 8.78 Å². The highest BCUT2D eigenvalue weighted by Gasteiger charge is 2.07. The third-order valence-electron chi connectivity index (χ3n) is 2.00. The molecular weight excluding hydrogens is 188 g/mol. The van der Waals surface area contributed by atoms with Gasteiger partial charge in [0.25, 0.3) is 5.56 Å². The third-order valence-corrected chi connectivity index (χ3v) is 2.00. The molecule has 2 nitrogen and oxygen atoms in total. The number of aromatic nitrogens is 1. The van der Waals surface area contributed by atoms with Gasteiger partial charge in [0.05, 0.1) is 5.39 Å². The Balaban J connectivity index is 3.02. The minimum absolute atomic E-state index is 0.1000. The van der Waals surface area contributed by atoms with E-state index >= 15 is 0 Å². The Morgan fingerprint density at radius 1 is 1.21 bits per heavy atom. The van der Waals surface area contributed by atoms with Crippen LogP contribution in [0.5, 0.6) is 0 Å². The van der Waals surface area contributed by atoms with Crippen molar-refractivity contribution in [3.63, 3.8) is 0 Å². The van der Waals surface area contributed by atoms with Crippen LogP contribution in [0.1, 0.15) is 5.69 Å². The number of rotatable bonds is 0. The molecule has 0 radical (unpaired) electrons. The van der Waals surface area contributed by atoms with Gasteiger partial charge in [0.1, 0.15) is 11.6 Å². The molecule has 72 valence electrons. The quantitative estimate of drug-likeness (QED) is 0.686. The SMILES string of the molecule is Cc1cc2cc(F)cc(F)c2c(=O)[nH]1. The van der Waals surface area contributed by atoms with E-state index in [4.69, 9.17) is 0 Å². The predicted molar refractivity (Wildman–Crippen MR) is 49.2 cm³/mol. The van der Waals surface area contributed by atoms with Crippen molar-refractivity contribution in [1.29, 1.82) is 0 Å². The summed E-state index contributed by atoms with van der Waals surface area (Å²) in [4.78, 5) is 13.8. The van der Waals surface area contributed by atoms with Crippen LogP contribution in [0.15, 0.2) is 23.0 Å². The molecule has 1 N–H and O–H groups in total. The zero-order valence-electron chi connectivity index (χ0n) is 7.40. The number of hydrogen-bond donors (Lipinski definition) is 1. The molecule has 0 saturated carbocycles. The Labute approximate surface area is 78.2 Å². The van der Waals surface area contributed by atoms with E-state index in [0.717, 1.165) is 6.07 Å². The van der Waals surface area contributed by atoms with Gasteiger partial charge < -0.3 is 4.98 Å². The second kappa shape index (κ2) is 2.90. The van der Waals surface area contributed by atoms with Gasteiger partial charge in [0.2, 0.25) is 0 Å². The number of hydrogen-bond acceptors (Lipinski definition) is 1. The molecule has 2 rings (SSSR count). The van der Waals surface area contributed by atoms with Crippen molar-refractivity contribution in [3.05, 3.63) is 45.9 Å². The molecule has 0 bridgehead atoms. The fourth-order valence-corrected chi connectivity index (χ4v) is 1.46. The second-order valence-corrected chi connectivity index (χ2v) is 3.13. The van der Waals surface area contributed by atoms with E-state index in [1.165, 1.54) is 6.07 Å². The molecule has 0 spiro atoms. The van der Waals surface area contributed by atoms with Crippen LogP contribution in [-0.4, -0.2) is 4.98 Å². The normalized spacial score (nSPS) is 10.8. The first kappa shape index (κ1) is 8.87. The molecule has 0 atom stereocenters. The van der Waals surface area contributed by atoms with E-state index in [1.54, 1.807) is 6.92 Å². The molecule has 0 aliphatic heterocycles. The number of H-pyrrole nitrogens is 1. The highest BCUT2D eigenvalue weighted by atomic mass is 19.1. The minimum Gasteiger partial charge on any atom is -0.326 e. The number of benzene rings is 1. The van der Waals surface area contributed by atoms with Gasteiger partial charge in [-0.1, -0.05) is 0 Å². The van der Waals surface area contributed by atoms with Gasteiger partial charge in [-0.25, -0.2) is 8.78 Å². The van der Waals surface area contributed by atoms with Crippen LogP contribution in [0, 0.1) is 18.6 Å². The van der Waals surface area contributed by atoms with Gasteiger partial charge in [-0.15, -0.1) is 0 Å². The standard InChI is InChI=1S/C10H7F2NO/c1-5-2-6-3-7(11)4-8(12)9(6)10(14)13-5/h2-4H,1H3,(H,13,14). The number of nitrogens with one attached hydrogen (secondary N) is 1. The summed E-state index contributed by atoms with van der Waals surface area (Å²) in [6.07, 6.45) is 0. The maximum atomic E-state index is 13.2. The van der Waals surface area contributed by atoms with Crippen molar-refractivity contribution in [3.8, 4) is 0 Å².